The molecule has 6 nitrogen and oxygen atoms in total. The summed E-state index contributed by atoms with van der Waals surface area (Å²) in [5.74, 6) is -2.17. The van der Waals surface area contributed by atoms with E-state index in [-0.39, 0.29) is 31.3 Å². The number of carbonyl (C=O) groups excluding carboxylic acids is 2. The van der Waals surface area contributed by atoms with E-state index in [0.717, 1.165) is 17.4 Å². The minimum absolute atomic E-state index is 0.206. The summed E-state index contributed by atoms with van der Waals surface area (Å²) >= 11 is 12.5. The Morgan fingerprint density at radius 1 is 1.18 bits per heavy atom. The van der Waals surface area contributed by atoms with E-state index in [1.54, 1.807) is 23.1 Å². The van der Waals surface area contributed by atoms with E-state index in [1.165, 1.54) is 0 Å². The van der Waals surface area contributed by atoms with E-state index in [4.69, 9.17) is 27.9 Å². The molecule has 1 saturated heterocycles. The Balaban J connectivity index is 2.16. The number of piperidine rings is 1. The Bertz CT molecular complexity index is 997. The lowest BCUT2D eigenvalue weighted by molar-refractivity contribution is -0.154. The second-order valence-corrected chi connectivity index (χ2v) is 9.36. The van der Waals surface area contributed by atoms with Crippen molar-refractivity contribution in [1.29, 1.82) is 0 Å². The van der Waals surface area contributed by atoms with Gasteiger partial charge < -0.3 is 19.5 Å². The first-order chi connectivity index (χ1) is 16.3. The number of aliphatic carboxylic acids is 1. The lowest BCUT2D eigenvalue weighted by Gasteiger charge is -2.48. The molecule has 0 saturated carbocycles. The summed E-state index contributed by atoms with van der Waals surface area (Å²) < 4.78 is 5.71. The lowest BCUT2D eigenvalue weighted by atomic mass is 9.74. The van der Waals surface area contributed by atoms with E-state index >= 15 is 0 Å². The zero-order valence-corrected chi connectivity index (χ0v) is 20.5. The highest BCUT2D eigenvalue weighted by Crippen LogP contribution is 2.47. The number of halogens is 2. The van der Waals surface area contributed by atoms with Crippen LogP contribution in [0.15, 0.2) is 48.5 Å². The van der Waals surface area contributed by atoms with Crippen molar-refractivity contribution in [1.82, 2.24) is 4.90 Å². The molecule has 2 aromatic rings. The van der Waals surface area contributed by atoms with Gasteiger partial charge in [0.1, 0.15) is 6.29 Å². The Kier molecular flexibility index (Phi) is 9.51. The topological polar surface area (TPSA) is 83.9 Å². The van der Waals surface area contributed by atoms with Crippen LogP contribution in [0.5, 0.6) is 0 Å². The SMILES string of the molecule is CCOCC(CCC=O)N1C(=O)C(CC(=O)O)CC(c2cccc(Cl)c2)C1c1ccc(Cl)cc1. The molecule has 3 rings (SSSR count). The number of benzene rings is 2. The molecule has 1 aliphatic heterocycles. The van der Waals surface area contributed by atoms with E-state index in [9.17, 15) is 19.5 Å². The minimum atomic E-state index is -1.03. The van der Waals surface area contributed by atoms with E-state index in [1.807, 2.05) is 37.3 Å². The Labute approximate surface area is 209 Å². The molecule has 0 radical (unpaired) electrons. The zero-order valence-electron chi connectivity index (χ0n) is 19.0. The maximum absolute atomic E-state index is 13.8. The molecule has 0 aromatic heterocycles. The van der Waals surface area contributed by atoms with E-state index < -0.39 is 24.0 Å². The number of amides is 1. The highest BCUT2D eigenvalue weighted by atomic mass is 35.5. The molecule has 1 amide bonds. The van der Waals surface area contributed by atoms with Crippen LogP contribution < -0.4 is 0 Å². The summed E-state index contributed by atoms with van der Waals surface area (Å²) in [6.07, 6.45) is 1.61. The van der Waals surface area contributed by atoms with Crippen molar-refractivity contribution < 1.29 is 24.2 Å². The maximum atomic E-state index is 13.8. The summed E-state index contributed by atoms with van der Waals surface area (Å²) in [6.45, 7) is 2.58. The fourth-order valence-corrected chi connectivity index (χ4v) is 5.12. The second-order valence-electron chi connectivity index (χ2n) is 8.49. The number of likely N-dealkylation sites (tertiary alicyclic amines) is 1. The third-order valence-electron chi connectivity index (χ3n) is 6.26. The summed E-state index contributed by atoms with van der Waals surface area (Å²) in [7, 11) is 0. The predicted molar refractivity (Wildman–Crippen MR) is 131 cm³/mol. The molecule has 1 N–H and O–H groups in total. The molecule has 182 valence electrons. The van der Waals surface area contributed by atoms with Gasteiger partial charge in [-0.25, -0.2) is 0 Å². The van der Waals surface area contributed by atoms with Crippen LogP contribution in [0.1, 0.15) is 55.7 Å². The average molecular weight is 506 g/mol. The van der Waals surface area contributed by atoms with Gasteiger partial charge in [0.15, 0.2) is 0 Å². The smallest absolute Gasteiger partial charge is 0.304 e. The molecular formula is C26H29Cl2NO5. The molecule has 0 spiro atoms. The van der Waals surface area contributed by atoms with Gasteiger partial charge in [-0.2, -0.15) is 0 Å². The lowest BCUT2D eigenvalue weighted by Crippen LogP contribution is -2.53. The number of aldehydes is 1. The molecule has 0 bridgehead atoms. The number of ether oxygens (including phenoxy) is 1. The number of carboxylic acid groups (broad SMARTS) is 1. The molecular weight excluding hydrogens is 477 g/mol. The van der Waals surface area contributed by atoms with Crippen LogP contribution in [0.4, 0.5) is 0 Å². The van der Waals surface area contributed by atoms with E-state index in [0.29, 0.717) is 29.5 Å². The fraction of sp³-hybridized carbons (Fsp3) is 0.423. The standard InChI is InChI=1S/C26H29Cl2NO5/c1-2-34-16-22(7-4-12-30)29-25(17-8-10-20(27)11-9-17)23(18-5-3-6-21(28)13-18)14-19(26(29)33)15-24(31)32/h3,5-6,8-13,19,22-23,25H,2,4,7,14-16H2,1H3,(H,31,32). The summed E-state index contributed by atoms with van der Waals surface area (Å²) in [4.78, 5) is 38.4. The number of hydrogen-bond acceptors (Lipinski definition) is 4. The molecule has 1 heterocycles. The van der Waals surface area contributed by atoms with Crippen molar-refractivity contribution in [3.05, 3.63) is 69.7 Å². The minimum Gasteiger partial charge on any atom is -0.481 e. The van der Waals surface area contributed by atoms with Gasteiger partial charge in [0.05, 0.1) is 25.1 Å². The van der Waals surface area contributed by atoms with Crippen molar-refractivity contribution >= 4 is 41.4 Å². The number of nitrogens with zero attached hydrogens (tertiary/aromatic N) is 1. The maximum Gasteiger partial charge on any atom is 0.304 e. The highest BCUT2D eigenvalue weighted by Gasteiger charge is 2.46. The number of carboxylic acids is 1. The molecule has 1 fully saturated rings. The number of hydrogen-bond donors (Lipinski definition) is 1. The van der Waals surface area contributed by atoms with Gasteiger partial charge >= 0.3 is 5.97 Å². The second kappa shape index (κ2) is 12.3. The normalized spacial score (nSPS) is 21.3. The predicted octanol–water partition coefficient (Wildman–Crippen LogP) is 5.53. The van der Waals surface area contributed by atoms with Crippen LogP contribution in [0.3, 0.4) is 0 Å². The van der Waals surface area contributed by atoms with Crippen molar-refractivity contribution in [2.24, 2.45) is 5.92 Å². The summed E-state index contributed by atoms with van der Waals surface area (Å²) in [5, 5.41) is 10.7. The van der Waals surface area contributed by atoms with Crippen LogP contribution in [-0.4, -0.2) is 47.4 Å². The zero-order chi connectivity index (χ0) is 24.7. The van der Waals surface area contributed by atoms with Gasteiger partial charge in [-0.05, 0) is 55.2 Å². The summed E-state index contributed by atoms with van der Waals surface area (Å²) in [5.41, 5.74) is 1.80. The number of carbonyl (C=O) groups is 3. The Morgan fingerprint density at radius 2 is 1.91 bits per heavy atom. The van der Waals surface area contributed by atoms with Crippen molar-refractivity contribution in [2.75, 3.05) is 13.2 Å². The molecule has 4 unspecified atom stereocenters. The van der Waals surface area contributed by atoms with Crippen LogP contribution >= 0.6 is 23.2 Å². The highest BCUT2D eigenvalue weighted by molar-refractivity contribution is 6.30. The molecule has 34 heavy (non-hydrogen) atoms. The Morgan fingerprint density at radius 3 is 2.53 bits per heavy atom. The van der Waals surface area contributed by atoms with Gasteiger partial charge in [0.2, 0.25) is 5.91 Å². The number of rotatable bonds is 11. The quantitative estimate of drug-likeness (QED) is 0.406. The van der Waals surface area contributed by atoms with Gasteiger partial charge in [-0.3, -0.25) is 9.59 Å². The first-order valence-corrected chi connectivity index (χ1v) is 12.2. The molecule has 1 aliphatic rings. The molecule has 4 atom stereocenters. The van der Waals surface area contributed by atoms with Crippen molar-refractivity contribution in [3.63, 3.8) is 0 Å². The van der Waals surface area contributed by atoms with Crippen LogP contribution in [0.25, 0.3) is 0 Å². The van der Waals surface area contributed by atoms with Crippen LogP contribution in [-0.2, 0) is 19.1 Å². The van der Waals surface area contributed by atoms with E-state index in [2.05, 4.69) is 0 Å². The first-order valence-electron chi connectivity index (χ1n) is 11.4. The summed E-state index contributed by atoms with van der Waals surface area (Å²) in [6, 6.07) is 14.0. The fourth-order valence-electron chi connectivity index (χ4n) is 4.79. The van der Waals surface area contributed by atoms with Gasteiger partial charge in [0.25, 0.3) is 0 Å². The molecule has 0 aliphatic carbocycles. The largest absolute Gasteiger partial charge is 0.481 e. The third kappa shape index (κ3) is 6.38. The van der Waals surface area contributed by atoms with Crippen molar-refractivity contribution in [3.8, 4) is 0 Å². The Hall–Kier alpha value is -2.41. The first kappa shape index (κ1) is 26.2. The van der Waals surface area contributed by atoms with Crippen LogP contribution in [0, 0.1) is 5.92 Å². The van der Waals surface area contributed by atoms with Gasteiger partial charge in [-0.1, -0.05) is 47.5 Å². The van der Waals surface area contributed by atoms with Gasteiger partial charge in [0, 0.05) is 34.9 Å². The molecule has 2 aromatic carbocycles. The van der Waals surface area contributed by atoms with Crippen LogP contribution in [0.2, 0.25) is 10.0 Å². The molecule has 8 heteroatoms. The van der Waals surface area contributed by atoms with Gasteiger partial charge in [-0.15, -0.1) is 0 Å². The monoisotopic (exact) mass is 505 g/mol. The van der Waals surface area contributed by atoms with Crippen molar-refractivity contribution in [2.45, 2.75) is 50.6 Å². The third-order valence-corrected chi connectivity index (χ3v) is 6.74. The average Bonchev–Trinajstić information content (AvgIpc) is 2.81.